The molecule has 1 heterocycles. The zero-order valence-electron chi connectivity index (χ0n) is 6.33. The Hall–Kier alpha value is -0.0761. The van der Waals surface area contributed by atoms with Gasteiger partial charge in [0.1, 0.15) is 0 Å². The molecule has 1 aliphatic rings. The number of hydrogen-bond acceptors (Lipinski definition) is 2. The maximum atomic E-state index is 4.13. The molecule has 2 nitrogen and oxygen atoms in total. The molecule has 0 fully saturated rings. The Kier molecular flexibility index (Phi) is 2.91. The summed E-state index contributed by atoms with van der Waals surface area (Å²) in [6.45, 7) is 2.06. The summed E-state index contributed by atoms with van der Waals surface area (Å²) < 4.78 is 0. The van der Waals surface area contributed by atoms with E-state index in [1.165, 1.54) is 5.57 Å². The summed E-state index contributed by atoms with van der Waals surface area (Å²) in [4.78, 5) is 7.95. The standard InChI is InChI=1S/C8H7N2.Y/c1-6-2-3-7-4-9-5-10-8(6)7;/h2,5H,3H2,1H3;/q-1;. The van der Waals surface area contributed by atoms with Gasteiger partial charge < -0.3 is 9.97 Å². The monoisotopic (exact) mass is 220 g/mol. The minimum Gasteiger partial charge on any atom is -0.376 e. The molecule has 0 N–H and O–H groups in total. The summed E-state index contributed by atoms with van der Waals surface area (Å²) in [6, 6.07) is 0. The van der Waals surface area contributed by atoms with Gasteiger partial charge in [0.2, 0.25) is 0 Å². The van der Waals surface area contributed by atoms with Gasteiger partial charge in [-0.25, -0.2) is 0 Å². The van der Waals surface area contributed by atoms with Gasteiger partial charge in [-0.3, -0.25) is 0 Å². The van der Waals surface area contributed by atoms with Crippen LogP contribution in [0.15, 0.2) is 12.4 Å². The molecule has 1 aromatic heterocycles. The van der Waals surface area contributed by atoms with Crippen molar-refractivity contribution in [1.29, 1.82) is 0 Å². The van der Waals surface area contributed by atoms with Crippen molar-refractivity contribution in [1.82, 2.24) is 9.97 Å². The Morgan fingerprint density at radius 3 is 3.09 bits per heavy atom. The molecule has 1 radical (unpaired) electrons. The second kappa shape index (κ2) is 3.55. The predicted molar refractivity (Wildman–Crippen MR) is 38.2 cm³/mol. The van der Waals surface area contributed by atoms with E-state index < -0.39 is 0 Å². The van der Waals surface area contributed by atoms with E-state index in [0.29, 0.717) is 0 Å². The number of fused-ring (bicyclic) bond motifs is 1. The van der Waals surface area contributed by atoms with E-state index in [1.807, 2.05) is 0 Å². The van der Waals surface area contributed by atoms with Crippen molar-refractivity contribution in [3.05, 3.63) is 29.9 Å². The van der Waals surface area contributed by atoms with Gasteiger partial charge in [0.25, 0.3) is 0 Å². The van der Waals surface area contributed by atoms with Gasteiger partial charge in [0.15, 0.2) is 0 Å². The predicted octanol–water partition coefficient (Wildman–Crippen LogP) is 1.23. The minimum absolute atomic E-state index is 0. The van der Waals surface area contributed by atoms with Crippen LogP contribution >= 0.6 is 0 Å². The number of aromatic nitrogens is 2. The van der Waals surface area contributed by atoms with Gasteiger partial charge in [-0.15, -0.1) is 5.56 Å². The first-order valence-electron chi connectivity index (χ1n) is 3.26. The van der Waals surface area contributed by atoms with Crippen molar-refractivity contribution in [2.75, 3.05) is 0 Å². The molecule has 1 aliphatic carbocycles. The zero-order chi connectivity index (χ0) is 6.97. The third kappa shape index (κ3) is 1.57. The molecule has 0 saturated carbocycles. The molecule has 0 aromatic carbocycles. The maximum Gasteiger partial charge on any atom is 0 e. The summed E-state index contributed by atoms with van der Waals surface area (Å²) >= 11 is 0. The molecule has 0 amide bonds. The molecule has 0 atom stereocenters. The van der Waals surface area contributed by atoms with Crippen LogP contribution in [-0.4, -0.2) is 9.97 Å². The Balaban J connectivity index is 0.000000605. The molecular formula is C8H7N2Y-. The molecule has 0 aliphatic heterocycles. The molecule has 1 aromatic rings. The third-order valence-corrected chi connectivity index (χ3v) is 1.72. The molecule has 11 heavy (non-hydrogen) atoms. The van der Waals surface area contributed by atoms with E-state index in [1.54, 1.807) is 6.33 Å². The van der Waals surface area contributed by atoms with E-state index in [2.05, 4.69) is 29.2 Å². The minimum atomic E-state index is 0. The molecule has 3 heteroatoms. The van der Waals surface area contributed by atoms with E-state index in [9.17, 15) is 0 Å². The largest absolute Gasteiger partial charge is 0.376 e. The zero-order valence-corrected chi connectivity index (χ0v) is 9.17. The second-order valence-corrected chi connectivity index (χ2v) is 2.40. The van der Waals surface area contributed by atoms with Crippen molar-refractivity contribution in [3.8, 4) is 0 Å². The fourth-order valence-corrected chi connectivity index (χ4v) is 1.16. The Bertz CT molecular complexity index is 294. The number of rotatable bonds is 0. The summed E-state index contributed by atoms with van der Waals surface area (Å²) in [5, 5.41) is 0. The van der Waals surface area contributed by atoms with Crippen LogP contribution in [0.2, 0.25) is 0 Å². The van der Waals surface area contributed by atoms with E-state index in [4.69, 9.17) is 0 Å². The van der Waals surface area contributed by atoms with Gasteiger partial charge in [-0.1, -0.05) is 17.8 Å². The van der Waals surface area contributed by atoms with Crippen LogP contribution in [0.1, 0.15) is 18.2 Å². The van der Waals surface area contributed by atoms with Crippen LogP contribution in [-0.2, 0) is 39.1 Å². The quantitative estimate of drug-likeness (QED) is 0.614. The van der Waals surface area contributed by atoms with Gasteiger partial charge in [-0.2, -0.15) is 0 Å². The molecule has 0 saturated heterocycles. The number of allylic oxidation sites excluding steroid dienone is 2. The molecular weight excluding hydrogens is 213 g/mol. The molecule has 0 unspecified atom stereocenters. The summed E-state index contributed by atoms with van der Waals surface area (Å²) in [5.41, 5.74) is 3.43. The van der Waals surface area contributed by atoms with Gasteiger partial charge in [-0.05, 0) is 25.4 Å². The van der Waals surface area contributed by atoms with Gasteiger partial charge >= 0.3 is 0 Å². The fraction of sp³-hybridized carbons (Fsp3) is 0.250. The van der Waals surface area contributed by atoms with E-state index >= 15 is 0 Å². The van der Waals surface area contributed by atoms with Crippen molar-refractivity contribution < 1.29 is 32.7 Å². The normalized spacial score (nSPS) is 13.4. The van der Waals surface area contributed by atoms with Crippen molar-refractivity contribution in [2.24, 2.45) is 0 Å². The molecule has 53 valence electrons. The van der Waals surface area contributed by atoms with Gasteiger partial charge in [0.05, 0.1) is 0 Å². The van der Waals surface area contributed by atoms with E-state index in [-0.39, 0.29) is 32.7 Å². The average molecular weight is 220 g/mol. The average Bonchev–Trinajstić information content (AvgIpc) is 2.34. The number of nitrogens with zero attached hydrogens (tertiary/aromatic N) is 2. The van der Waals surface area contributed by atoms with Crippen LogP contribution in [0.25, 0.3) is 5.57 Å². The molecule has 0 spiro atoms. The fourth-order valence-electron chi connectivity index (χ4n) is 1.16. The van der Waals surface area contributed by atoms with Gasteiger partial charge in [0, 0.05) is 32.7 Å². The van der Waals surface area contributed by atoms with Crippen LogP contribution in [0.5, 0.6) is 0 Å². The maximum absolute atomic E-state index is 4.13. The molecule has 2 rings (SSSR count). The van der Waals surface area contributed by atoms with Crippen molar-refractivity contribution in [3.63, 3.8) is 0 Å². The second-order valence-electron chi connectivity index (χ2n) is 2.40. The first kappa shape index (κ1) is 9.02. The Morgan fingerprint density at radius 1 is 1.55 bits per heavy atom. The van der Waals surface area contributed by atoms with Crippen LogP contribution in [0, 0.1) is 6.20 Å². The SMILES string of the molecule is CC1=CCc2[c-]ncnc21.[Y]. The Labute approximate surface area is 91.0 Å². The Morgan fingerprint density at radius 2 is 2.36 bits per heavy atom. The number of hydrogen-bond donors (Lipinski definition) is 0. The van der Waals surface area contributed by atoms with Crippen molar-refractivity contribution in [2.45, 2.75) is 13.3 Å². The van der Waals surface area contributed by atoms with Crippen LogP contribution < -0.4 is 0 Å². The first-order chi connectivity index (χ1) is 4.88. The first-order valence-corrected chi connectivity index (χ1v) is 3.26. The topological polar surface area (TPSA) is 25.8 Å². The van der Waals surface area contributed by atoms with Crippen molar-refractivity contribution >= 4 is 5.57 Å². The third-order valence-electron chi connectivity index (χ3n) is 1.72. The van der Waals surface area contributed by atoms with E-state index in [0.717, 1.165) is 17.7 Å². The van der Waals surface area contributed by atoms with Crippen LogP contribution in [0.3, 0.4) is 0 Å². The summed E-state index contributed by atoms with van der Waals surface area (Å²) in [6.07, 6.45) is 7.55. The smallest absolute Gasteiger partial charge is 0 e. The summed E-state index contributed by atoms with van der Waals surface area (Å²) in [5.74, 6) is 0. The molecule has 0 bridgehead atoms. The van der Waals surface area contributed by atoms with Crippen LogP contribution in [0.4, 0.5) is 0 Å². The summed E-state index contributed by atoms with van der Waals surface area (Å²) in [7, 11) is 0.